The number of carbonyl (C=O) groups is 1. The molecule has 0 aliphatic rings. The predicted molar refractivity (Wildman–Crippen MR) is 85.9 cm³/mol. The molecule has 0 aliphatic heterocycles. The highest BCUT2D eigenvalue weighted by molar-refractivity contribution is 14.1. The summed E-state index contributed by atoms with van der Waals surface area (Å²) in [6, 6.07) is 5.26. The minimum Gasteiger partial charge on any atom is -0.378 e. The van der Waals surface area contributed by atoms with E-state index in [2.05, 4.69) is 27.9 Å². The highest BCUT2D eigenvalue weighted by atomic mass is 127. The number of hydrogen-bond acceptors (Lipinski definition) is 3. The van der Waals surface area contributed by atoms with E-state index in [1.54, 1.807) is 12.1 Å². The van der Waals surface area contributed by atoms with Gasteiger partial charge < -0.3 is 15.0 Å². The fraction of sp³-hybridized carbons (Fsp3) is 0.462. The first kappa shape index (κ1) is 16.7. The van der Waals surface area contributed by atoms with Crippen LogP contribution in [0.3, 0.4) is 0 Å². The standard InChI is InChI=1S/C13H18ClIN2O2/c1-17(2)6-8-19-7-5-16-13(18)10-3-4-12(15)11(14)9-10/h3-4,9H,5-8H2,1-2H3,(H,16,18). The van der Waals surface area contributed by atoms with Gasteiger partial charge in [0, 0.05) is 22.2 Å². The monoisotopic (exact) mass is 396 g/mol. The molecule has 0 saturated heterocycles. The molecule has 1 amide bonds. The molecule has 0 bridgehead atoms. The Morgan fingerprint density at radius 2 is 2.16 bits per heavy atom. The Hall–Kier alpha value is -0.370. The van der Waals surface area contributed by atoms with Crippen molar-refractivity contribution >= 4 is 40.1 Å². The molecule has 106 valence electrons. The van der Waals surface area contributed by atoms with Crippen molar-refractivity contribution in [3.05, 3.63) is 32.4 Å². The molecule has 0 aliphatic carbocycles. The average molecular weight is 397 g/mol. The zero-order valence-electron chi connectivity index (χ0n) is 11.1. The number of rotatable bonds is 7. The van der Waals surface area contributed by atoms with Crippen molar-refractivity contribution in [2.75, 3.05) is 40.4 Å². The first-order chi connectivity index (χ1) is 9.00. The number of benzene rings is 1. The summed E-state index contributed by atoms with van der Waals surface area (Å²) in [6.45, 7) is 2.55. The number of hydrogen-bond donors (Lipinski definition) is 1. The lowest BCUT2D eigenvalue weighted by Crippen LogP contribution is -2.28. The Morgan fingerprint density at radius 3 is 2.79 bits per heavy atom. The summed E-state index contributed by atoms with van der Waals surface area (Å²) >= 11 is 8.10. The molecular formula is C13H18ClIN2O2. The molecule has 0 saturated carbocycles. The third kappa shape index (κ3) is 6.56. The van der Waals surface area contributed by atoms with Crippen LogP contribution in [0, 0.1) is 3.57 Å². The van der Waals surface area contributed by atoms with Crippen LogP contribution in [0.1, 0.15) is 10.4 Å². The molecule has 1 rings (SSSR count). The Bertz CT molecular complexity index is 427. The molecule has 0 heterocycles. The van der Waals surface area contributed by atoms with Gasteiger partial charge in [-0.3, -0.25) is 4.79 Å². The zero-order chi connectivity index (χ0) is 14.3. The van der Waals surface area contributed by atoms with Gasteiger partial charge in [0.15, 0.2) is 0 Å². The first-order valence-corrected chi connectivity index (χ1v) is 7.42. The minimum atomic E-state index is -0.130. The molecule has 0 radical (unpaired) electrons. The van der Waals surface area contributed by atoms with E-state index in [1.807, 2.05) is 25.1 Å². The zero-order valence-corrected chi connectivity index (χ0v) is 14.0. The van der Waals surface area contributed by atoms with Gasteiger partial charge in [-0.05, 0) is 54.9 Å². The van der Waals surface area contributed by atoms with Crippen molar-refractivity contribution in [3.63, 3.8) is 0 Å². The van der Waals surface area contributed by atoms with Gasteiger partial charge in [0.2, 0.25) is 0 Å². The molecule has 0 fully saturated rings. The van der Waals surface area contributed by atoms with Crippen molar-refractivity contribution in [1.82, 2.24) is 10.2 Å². The normalized spacial score (nSPS) is 10.8. The van der Waals surface area contributed by atoms with Gasteiger partial charge in [0.1, 0.15) is 0 Å². The largest absolute Gasteiger partial charge is 0.378 e. The first-order valence-electron chi connectivity index (χ1n) is 5.96. The number of carbonyl (C=O) groups excluding carboxylic acids is 1. The third-order valence-corrected chi connectivity index (χ3v) is 3.97. The molecule has 0 unspecified atom stereocenters. The van der Waals surface area contributed by atoms with E-state index in [1.165, 1.54) is 0 Å². The number of nitrogens with one attached hydrogen (secondary N) is 1. The molecule has 1 aromatic carbocycles. The molecule has 0 atom stereocenters. The fourth-order valence-corrected chi connectivity index (χ4v) is 1.84. The van der Waals surface area contributed by atoms with Crippen molar-refractivity contribution in [1.29, 1.82) is 0 Å². The molecule has 0 aromatic heterocycles. The molecule has 6 heteroatoms. The number of likely N-dealkylation sites (N-methyl/N-ethyl adjacent to an activating group) is 1. The van der Waals surface area contributed by atoms with Crippen LogP contribution in [0.4, 0.5) is 0 Å². The van der Waals surface area contributed by atoms with Gasteiger partial charge in [0.25, 0.3) is 5.91 Å². The van der Waals surface area contributed by atoms with Gasteiger partial charge in [-0.15, -0.1) is 0 Å². The molecule has 4 nitrogen and oxygen atoms in total. The van der Waals surface area contributed by atoms with Crippen LogP contribution >= 0.6 is 34.2 Å². The maximum Gasteiger partial charge on any atom is 0.251 e. The Morgan fingerprint density at radius 1 is 1.42 bits per heavy atom. The van der Waals surface area contributed by atoms with Gasteiger partial charge >= 0.3 is 0 Å². The minimum absolute atomic E-state index is 0.130. The Balaban J connectivity index is 2.26. The number of ether oxygens (including phenoxy) is 1. The SMILES string of the molecule is CN(C)CCOCCNC(=O)c1ccc(I)c(Cl)c1. The van der Waals surface area contributed by atoms with E-state index in [9.17, 15) is 4.79 Å². The van der Waals surface area contributed by atoms with E-state index in [0.29, 0.717) is 30.3 Å². The lowest BCUT2D eigenvalue weighted by molar-refractivity contribution is 0.0900. The number of halogens is 2. The number of nitrogens with zero attached hydrogens (tertiary/aromatic N) is 1. The molecule has 1 aromatic rings. The lowest BCUT2D eigenvalue weighted by atomic mass is 10.2. The van der Waals surface area contributed by atoms with Crippen LogP contribution in [-0.4, -0.2) is 51.2 Å². The number of amides is 1. The Kier molecular flexibility index (Phi) is 7.67. The van der Waals surface area contributed by atoms with Crippen LogP contribution in [0.15, 0.2) is 18.2 Å². The summed E-state index contributed by atoms with van der Waals surface area (Å²) in [4.78, 5) is 13.9. The van der Waals surface area contributed by atoms with Crippen LogP contribution in [0.25, 0.3) is 0 Å². The second-order valence-corrected chi connectivity index (χ2v) is 5.87. The third-order valence-electron chi connectivity index (χ3n) is 2.40. The van der Waals surface area contributed by atoms with E-state index < -0.39 is 0 Å². The lowest BCUT2D eigenvalue weighted by Gasteiger charge is -2.10. The summed E-state index contributed by atoms with van der Waals surface area (Å²) in [5, 5.41) is 3.39. The average Bonchev–Trinajstić information content (AvgIpc) is 2.36. The smallest absolute Gasteiger partial charge is 0.251 e. The van der Waals surface area contributed by atoms with Crippen molar-refractivity contribution in [2.45, 2.75) is 0 Å². The highest BCUT2D eigenvalue weighted by Gasteiger charge is 2.06. The van der Waals surface area contributed by atoms with E-state index in [0.717, 1.165) is 10.1 Å². The van der Waals surface area contributed by atoms with Crippen molar-refractivity contribution in [2.24, 2.45) is 0 Å². The topological polar surface area (TPSA) is 41.6 Å². The van der Waals surface area contributed by atoms with Crippen LogP contribution < -0.4 is 5.32 Å². The van der Waals surface area contributed by atoms with Gasteiger partial charge in [-0.2, -0.15) is 0 Å². The molecule has 0 spiro atoms. The van der Waals surface area contributed by atoms with Gasteiger partial charge in [-0.1, -0.05) is 11.6 Å². The van der Waals surface area contributed by atoms with E-state index in [4.69, 9.17) is 16.3 Å². The highest BCUT2D eigenvalue weighted by Crippen LogP contribution is 2.19. The summed E-state index contributed by atoms with van der Waals surface area (Å²) in [7, 11) is 3.98. The predicted octanol–water partition coefficient (Wildman–Crippen LogP) is 2.25. The van der Waals surface area contributed by atoms with Gasteiger partial charge in [0.05, 0.1) is 18.2 Å². The summed E-state index contributed by atoms with van der Waals surface area (Å²) in [5.41, 5.74) is 0.568. The maximum absolute atomic E-state index is 11.8. The quantitative estimate of drug-likeness (QED) is 0.568. The fourth-order valence-electron chi connectivity index (χ4n) is 1.33. The van der Waals surface area contributed by atoms with Crippen LogP contribution in [0.2, 0.25) is 5.02 Å². The Labute approximate surface area is 132 Å². The van der Waals surface area contributed by atoms with Crippen molar-refractivity contribution < 1.29 is 9.53 Å². The summed E-state index contributed by atoms with van der Waals surface area (Å²) < 4.78 is 6.32. The molecule has 1 N–H and O–H groups in total. The van der Waals surface area contributed by atoms with Crippen molar-refractivity contribution in [3.8, 4) is 0 Å². The van der Waals surface area contributed by atoms with Gasteiger partial charge in [-0.25, -0.2) is 0 Å². The molecule has 19 heavy (non-hydrogen) atoms. The van der Waals surface area contributed by atoms with E-state index >= 15 is 0 Å². The van der Waals surface area contributed by atoms with E-state index in [-0.39, 0.29) is 5.91 Å². The second-order valence-electron chi connectivity index (χ2n) is 4.30. The maximum atomic E-state index is 11.8. The van der Waals surface area contributed by atoms with Crippen LogP contribution in [-0.2, 0) is 4.74 Å². The summed E-state index contributed by atoms with van der Waals surface area (Å²) in [6.07, 6.45) is 0. The molecular weight excluding hydrogens is 379 g/mol. The summed E-state index contributed by atoms with van der Waals surface area (Å²) in [5.74, 6) is -0.130. The second kappa shape index (κ2) is 8.73. The van der Waals surface area contributed by atoms with Crippen LogP contribution in [0.5, 0.6) is 0 Å².